The van der Waals surface area contributed by atoms with Gasteiger partial charge in [-0.3, -0.25) is 0 Å². The van der Waals surface area contributed by atoms with Gasteiger partial charge in [0.2, 0.25) is 5.89 Å². The lowest BCUT2D eigenvalue weighted by atomic mass is 10.1. The fourth-order valence-electron chi connectivity index (χ4n) is 1.44. The van der Waals surface area contributed by atoms with Crippen LogP contribution in [0.2, 0.25) is 0 Å². The van der Waals surface area contributed by atoms with Gasteiger partial charge in [-0.1, -0.05) is 42.1 Å². The van der Waals surface area contributed by atoms with Crippen molar-refractivity contribution in [3.05, 3.63) is 41.8 Å². The van der Waals surface area contributed by atoms with Gasteiger partial charge in [0, 0.05) is 18.7 Å². The van der Waals surface area contributed by atoms with Crippen LogP contribution >= 0.6 is 11.8 Å². The Morgan fingerprint density at radius 3 is 2.71 bits per heavy atom. The Morgan fingerprint density at radius 1 is 1.12 bits per heavy atom. The van der Waals surface area contributed by atoms with E-state index in [9.17, 15) is 0 Å². The van der Waals surface area contributed by atoms with E-state index in [2.05, 4.69) is 22.3 Å². The summed E-state index contributed by atoms with van der Waals surface area (Å²) in [5.74, 6) is 1.49. The quantitative estimate of drug-likeness (QED) is 0.792. The molecule has 1 heterocycles. The number of thioether (sulfide) groups is 1. The second kappa shape index (κ2) is 6.42. The summed E-state index contributed by atoms with van der Waals surface area (Å²) in [4.78, 5) is 0. The lowest BCUT2D eigenvalue weighted by Gasteiger charge is -1.96. The minimum absolute atomic E-state index is 0.610. The summed E-state index contributed by atoms with van der Waals surface area (Å²) in [6.07, 6.45) is 1.70. The third-order valence-corrected chi connectivity index (χ3v) is 3.11. The summed E-state index contributed by atoms with van der Waals surface area (Å²) in [6, 6.07) is 10.3. The van der Waals surface area contributed by atoms with E-state index in [0.29, 0.717) is 17.7 Å². The number of nitrogens with zero attached hydrogens (tertiary/aromatic N) is 2. The highest BCUT2D eigenvalue weighted by Gasteiger charge is 2.06. The molecule has 0 aliphatic carbocycles. The normalized spacial score (nSPS) is 10.6. The SMILES string of the molecule is NCCSc1nnc(CCc2ccccc2)o1. The van der Waals surface area contributed by atoms with Gasteiger partial charge in [-0.25, -0.2) is 0 Å². The third kappa shape index (κ3) is 3.87. The molecule has 0 bridgehead atoms. The summed E-state index contributed by atoms with van der Waals surface area (Å²) >= 11 is 1.50. The van der Waals surface area contributed by atoms with Crippen LogP contribution in [0.5, 0.6) is 0 Å². The number of aromatic nitrogens is 2. The first kappa shape index (κ1) is 12.1. The monoisotopic (exact) mass is 249 g/mol. The largest absolute Gasteiger partial charge is 0.416 e. The van der Waals surface area contributed by atoms with Crippen LogP contribution < -0.4 is 5.73 Å². The molecule has 0 amide bonds. The molecule has 1 aromatic heterocycles. The minimum Gasteiger partial charge on any atom is -0.416 e. The van der Waals surface area contributed by atoms with Crippen LogP contribution in [0.4, 0.5) is 0 Å². The summed E-state index contributed by atoms with van der Waals surface area (Å²) < 4.78 is 5.49. The Morgan fingerprint density at radius 2 is 1.94 bits per heavy atom. The minimum atomic E-state index is 0.610. The van der Waals surface area contributed by atoms with Crippen molar-refractivity contribution in [1.82, 2.24) is 10.2 Å². The van der Waals surface area contributed by atoms with Gasteiger partial charge in [-0.05, 0) is 12.0 Å². The van der Waals surface area contributed by atoms with Crippen LogP contribution in [-0.4, -0.2) is 22.5 Å². The van der Waals surface area contributed by atoms with E-state index in [0.717, 1.165) is 18.6 Å². The smallest absolute Gasteiger partial charge is 0.276 e. The van der Waals surface area contributed by atoms with Gasteiger partial charge >= 0.3 is 0 Å². The topological polar surface area (TPSA) is 64.9 Å². The lowest BCUT2D eigenvalue weighted by Crippen LogP contribution is -2.00. The summed E-state index contributed by atoms with van der Waals surface area (Å²) in [5, 5.41) is 8.57. The second-order valence-electron chi connectivity index (χ2n) is 3.58. The molecule has 0 saturated heterocycles. The summed E-state index contributed by atoms with van der Waals surface area (Å²) in [5.41, 5.74) is 6.69. The molecule has 2 rings (SSSR count). The second-order valence-corrected chi connectivity index (χ2v) is 4.63. The molecule has 0 aliphatic rings. The highest BCUT2D eigenvalue weighted by atomic mass is 32.2. The van der Waals surface area contributed by atoms with Crippen LogP contribution in [0.15, 0.2) is 40.0 Å². The van der Waals surface area contributed by atoms with Gasteiger partial charge in [0.1, 0.15) is 0 Å². The Labute approximate surface area is 105 Å². The fraction of sp³-hybridized carbons (Fsp3) is 0.333. The van der Waals surface area contributed by atoms with Crippen LogP contribution in [0.25, 0.3) is 0 Å². The number of benzene rings is 1. The van der Waals surface area contributed by atoms with Crippen LogP contribution in [-0.2, 0) is 12.8 Å². The molecule has 2 aromatic rings. The average molecular weight is 249 g/mol. The van der Waals surface area contributed by atoms with Crippen molar-refractivity contribution in [1.29, 1.82) is 0 Å². The van der Waals surface area contributed by atoms with E-state index in [1.807, 2.05) is 18.2 Å². The number of rotatable bonds is 6. The number of aryl methyl sites for hydroxylation is 2. The maximum Gasteiger partial charge on any atom is 0.276 e. The molecule has 2 N–H and O–H groups in total. The molecule has 0 unspecified atom stereocenters. The molecule has 17 heavy (non-hydrogen) atoms. The maximum absolute atomic E-state index is 5.49. The van der Waals surface area contributed by atoms with Crippen molar-refractivity contribution in [2.75, 3.05) is 12.3 Å². The van der Waals surface area contributed by atoms with Crippen molar-refractivity contribution in [3.8, 4) is 0 Å². The molecule has 4 nitrogen and oxygen atoms in total. The lowest BCUT2D eigenvalue weighted by molar-refractivity contribution is 0.413. The van der Waals surface area contributed by atoms with Gasteiger partial charge < -0.3 is 10.2 Å². The first-order valence-electron chi connectivity index (χ1n) is 5.57. The number of hydrogen-bond acceptors (Lipinski definition) is 5. The van der Waals surface area contributed by atoms with Gasteiger partial charge in [-0.2, -0.15) is 0 Å². The predicted octanol–water partition coefficient (Wildman–Crippen LogP) is 1.91. The van der Waals surface area contributed by atoms with E-state index in [-0.39, 0.29) is 0 Å². The highest BCUT2D eigenvalue weighted by molar-refractivity contribution is 7.99. The Hall–Kier alpha value is -1.33. The van der Waals surface area contributed by atoms with E-state index >= 15 is 0 Å². The summed E-state index contributed by atoms with van der Waals surface area (Å²) in [6.45, 7) is 0.617. The van der Waals surface area contributed by atoms with E-state index in [4.69, 9.17) is 10.2 Å². The van der Waals surface area contributed by atoms with Crippen molar-refractivity contribution < 1.29 is 4.42 Å². The first-order chi connectivity index (χ1) is 8.38. The van der Waals surface area contributed by atoms with Crippen molar-refractivity contribution in [3.63, 3.8) is 0 Å². The molecule has 0 spiro atoms. The van der Waals surface area contributed by atoms with Gasteiger partial charge in [-0.15, -0.1) is 10.2 Å². The van der Waals surface area contributed by atoms with E-state index in [1.54, 1.807) is 0 Å². The van der Waals surface area contributed by atoms with Crippen LogP contribution in [0.3, 0.4) is 0 Å². The zero-order valence-corrected chi connectivity index (χ0v) is 10.3. The van der Waals surface area contributed by atoms with Gasteiger partial charge in [0.05, 0.1) is 0 Å². The number of hydrogen-bond donors (Lipinski definition) is 1. The zero-order valence-electron chi connectivity index (χ0n) is 9.50. The standard InChI is InChI=1S/C12H15N3OS/c13-8-9-17-12-15-14-11(16-12)7-6-10-4-2-1-3-5-10/h1-5H,6-9,13H2. The van der Waals surface area contributed by atoms with Crippen molar-refractivity contribution >= 4 is 11.8 Å². The number of nitrogens with two attached hydrogens (primary N) is 1. The molecule has 0 radical (unpaired) electrons. The molecule has 90 valence electrons. The molecule has 1 aromatic carbocycles. The molecule has 0 atom stereocenters. The predicted molar refractivity (Wildman–Crippen MR) is 67.9 cm³/mol. The molecule has 0 aliphatic heterocycles. The van der Waals surface area contributed by atoms with Crippen molar-refractivity contribution in [2.45, 2.75) is 18.1 Å². The third-order valence-electron chi connectivity index (χ3n) is 2.26. The molecule has 0 fully saturated rings. The van der Waals surface area contributed by atoms with Crippen LogP contribution in [0, 0.1) is 0 Å². The van der Waals surface area contributed by atoms with E-state index < -0.39 is 0 Å². The average Bonchev–Trinajstić information content (AvgIpc) is 2.83. The highest BCUT2D eigenvalue weighted by Crippen LogP contribution is 2.16. The summed E-state index contributed by atoms with van der Waals surface area (Å²) in [7, 11) is 0. The van der Waals surface area contributed by atoms with Crippen LogP contribution in [0.1, 0.15) is 11.5 Å². The molecule has 5 heteroatoms. The molecular weight excluding hydrogens is 234 g/mol. The zero-order chi connectivity index (χ0) is 11.9. The Kier molecular flexibility index (Phi) is 4.58. The van der Waals surface area contributed by atoms with Gasteiger partial charge in [0.25, 0.3) is 5.22 Å². The fourth-order valence-corrected chi connectivity index (χ4v) is 1.99. The molecule has 0 saturated carbocycles. The first-order valence-corrected chi connectivity index (χ1v) is 6.56. The molecular formula is C12H15N3OS. The Balaban J connectivity index is 1.85. The van der Waals surface area contributed by atoms with E-state index in [1.165, 1.54) is 17.3 Å². The maximum atomic E-state index is 5.49. The Bertz CT molecular complexity index is 444. The van der Waals surface area contributed by atoms with Gasteiger partial charge in [0.15, 0.2) is 0 Å². The van der Waals surface area contributed by atoms with Crippen molar-refractivity contribution in [2.24, 2.45) is 5.73 Å².